The van der Waals surface area contributed by atoms with Gasteiger partial charge in [0.25, 0.3) is 0 Å². The summed E-state index contributed by atoms with van der Waals surface area (Å²) in [6.07, 6.45) is 1.64. The minimum Gasteiger partial charge on any atom is -0.444 e. The Hall–Kier alpha value is -2.17. The summed E-state index contributed by atoms with van der Waals surface area (Å²) < 4.78 is 5.44. The molecule has 0 bridgehead atoms. The van der Waals surface area contributed by atoms with Gasteiger partial charge in [-0.25, -0.2) is 4.79 Å². The minimum absolute atomic E-state index is 0.231. The van der Waals surface area contributed by atoms with Crippen LogP contribution in [0.1, 0.15) is 26.3 Å². The van der Waals surface area contributed by atoms with E-state index in [0.29, 0.717) is 13.1 Å². The van der Waals surface area contributed by atoms with Crippen molar-refractivity contribution in [2.45, 2.75) is 26.4 Å². The highest BCUT2D eigenvalue weighted by Crippen LogP contribution is 2.29. The second-order valence-electron chi connectivity index (χ2n) is 6.65. The number of carbonyl (C=O) groups excluding carboxylic acids is 1. The molecule has 2 rings (SSSR count). The van der Waals surface area contributed by atoms with E-state index in [-0.39, 0.29) is 6.09 Å². The average molecular weight is 317 g/mol. The van der Waals surface area contributed by atoms with Gasteiger partial charge in [0.15, 0.2) is 0 Å². The molecule has 1 aliphatic heterocycles. The molecular formula is C18H27N3O2. The lowest BCUT2D eigenvalue weighted by Gasteiger charge is -2.37. The summed E-state index contributed by atoms with van der Waals surface area (Å²) in [5.74, 6) is 0. The highest BCUT2D eigenvalue weighted by atomic mass is 16.6. The maximum Gasteiger partial charge on any atom is 0.410 e. The fourth-order valence-corrected chi connectivity index (χ4v) is 2.72. The number of nitrogens with one attached hydrogen (secondary N) is 1. The van der Waals surface area contributed by atoms with E-state index in [0.717, 1.165) is 30.0 Å². The standard InChI is InChI=1S/C18H27N3O2/c1-6-14-15(19-5)8-7-9-16(14)20-10-12-21(13-11-20)17(22)23-18(2,3)4/h6-9,19H,1,10-13H2,2-5H3. The summed E-state index contributed by atoms with van der Waals surface area (Å²) in [6.45, 7) is 12.5. The Kier molecular flexibility index (Phi) is 5.19. The van der Waals surface area contributed by atoms with Crippen molar-refractivity contribution < 1.29 is 9.53 Å². The molecule has 0 spiro atoms. The molecule has 0 aliphatic carbocycles. The fraction of sp³-hybridized carbons (Fsp3) is 0.500. The molecule has 1 amide bonds. The number of benzene rings is 1. The summed E-state index contributed by atoms with van der Waals surface area (Å²) in [7, 11) is 1.91. The van der Waals surface area contributed by atoms with Crippen molar-refractivity contribution in [2.75, 3.05) is 43.4 Å². The lowest BCUT2D eigenvalue weighted by molar-refractivity contribution is 0.0240. The molecule has 0 atom stereocenters. The zero-order valence-corrected chi connectivity index (χ0v) is 14.6. The Morgan fingerprint density at radius 3 is 2.43 bits per heavy atom. The summed E-state index contributed by atoms with van der Waals surface area (Å²) in [4.78, 5) is 16.2. The van der Waals surface area contributed by atoms with Crippen LogP contribution in [0.4, 0.5) is 16.2 Å². The quantitative estimate of drug-likeness (QED) is 0.927. The molecule has 5 heteroatoms. The third-order valence-electron chi connectivity index (χ3n) is 3.83. The molecular weight excluding hydrogens is 290 g/mol. The minimum atomic E-state index is -0.453. The number of rotatable bonds is 3. The van der Waals surface area contributed by atoms with Gasteiger partial charge < -0.3 is 19.9 Å². The van der Waals surface area contributed by atoms with E-state index < -0.39 is 5.60 Å². The number of carbonyl (C=O) groups is 1. The topological polar surface area (TPSA) is 44.8 Å². The van der Waals surface area contributed by atoms with Crippen LogP contribution >= 0.6 is 0 Å². The first-order chi connectivity index (χ1) is 10.9. The SMILES string of the molecule is C=Cc1c(NC)cccc1N1CCN(C(=O)OC(C)(C)C)CC1. The molecule has 0 unspecified atom stereocenters. The van der Waals surface area contributed by atoms with Crippen molar-refractivity contribution >= 4 is 23.5 Å². The second-order valence-corrected chi connectivity index (χ2v) is 6.65. The number of anilines is 2. The monoisotopic (exact) mass is 317 g/mol. The van der Waals surface area contributed by atoms with Crippen LogP contribution in [0.3, 0.4) is 0 Å². The van der Waals surface area contributed by atoms with Gasteiger partial charge in [0.05, 0.1) is 0 Å². The molecule has 0 saturated carbocycles. The summed E-state index contributed by atoms with van der Waals surface area (Å²) >= 11 is 0. The normalized spacial score (nSPS) is 15.3. The van der Waals surface area contributed by atoms with Crippen molar-refractivity contribution in [3.05, 3.63) is 30.3 Å². The van der Waals surface area contributed by atoms with Crippen LogP contribution in [-0.2, 0) is 4.74 Å². The van der Waals surface area contributed by atoms with Crippen molar-refractivity contribution in [3.8, 4) is 0 Å². The molecule has 0 radical (unpaired) electrons. The van der Waals surface area contributed by atoms with E-state index >= 15 is 0 Å². The van der Waals surface area contributed by atoms with E-state index in [1.807, 2.05) is 46.0 Å². The van der Waals surface area contributed by atoms with E-state index in [9.17, 15) is 4.79 Å². The molecule has 1 heterocycles. The van der Waals surface area contributed by atoms with Gasteiger partial charge in [-0.15, -0.1) is 0 Å². The number of nitrogens with zero attached hydrogens (tertiary/aromatic N) is 2. The highest BCUT2D eigenvalue weighted by molar-refractivity contribution is 5.78. The van der Waals surface area contributed by atoms with Crippen LogP contribution in [0, 0.1) is 0 Å². The Balaban J connectivity index is 2.05. The summed E-state index contributed by atoms with van der Waals surface area (Å²) in [6, 6.07) is 6.17. The first-order valence-corrected chi connectivity index (χ1v) is 8.02. The number of hydrogen-bond acceptors (Lipinski definition) is 4. The smallest absolute Gasteiger partial charge is 0.410 e. The van der Waals surface area contributed by atoms with Crippen LogP contribution in [0.15, 0.2) is 24.8 Å². The van der Waals surface area contributed by atoms with Crippen molar-refractivity contribution in [1.29, 1.82) is 0 Å². The van der Waals surface area contributed by atoms with Crippen LogP contribution in [0.25, 0.3) is 6.08 Å². The molecule has 23 heavy (non-hydrogen) atoms. The first kappa shape index (κ1) is 17.2. The lowest BCUT2D eigenvalue weighted by atomic mass is 10.1. The molecule has 1 aromatic rings. The van der Waals surface area contributed by atoms with Gasteiger partial charge in [-0.1, -0.05) is 18.7 Å². The third-order valence-corrected chi connectivity index (χ3v) is 3.83. The zero-order chi connectivity index (χ0) is 17.0. The Morgan fingerprint density at radius 2 is 1.91 bits per heavy atom. The number of amides is 1. The largest absolute Gasteiger partial charge is 0.444 e. The van der Waals surface area contributed by atoms with Gasteiger partial charge in [-0.05, 0) is 32.9 Å². The maximum absolute atomic E-state index is 12.1. The van der Waals surface area contributed by atoms with Gasteiger partial charge in [0, 0.05) is 50.2 Å². The lowest BCUT2D eigenvalue weighted by Crippen LogP contribution is -2.50. The zero-order valence-electron chi connectivity index (χ0n) is 14.6. The van der Waals surface area contributed by atoms with E-state index in [1.165, 1.54) is 0 Å². The molecule has 5 nitrogen and oxygen atoms in total. The van der Waals surface area contributed by atoms with Crippen LogP contribution in [-0.4, -0.2) is 49.8 Å². The van der Waals surface area contributed by atoms with Gasteiger partial charge in [0.1, 0.15) is 5.60 Å². The van der Waals surface area contributed by atoms with Gasteiger partial charge >= 0.3 is 6.09 Å². The molecule has 1 fully saturated rings. The number of ether oxygens (including phenoxy) is 1. The van der Waals surface area contributed by atoms with E-state index in [1.54, 1.807) is 4.90 Å². The van der Waals surface area contributed by atoms with Crippen molar-refractivity contribution in [1.82, 2.24) is 4.90 Å². The first-order valence-electron chi connectivity index (χ1n) is 8.02. The summed E-state index contributed by atoms with van der Waals surface area (Å²) in [5, 5.41) is 3.20. The van der Waals surface area contributed by atoms with Crippen LogP contribution < -0.4 is 10.2 Å². The molecule has 1 saturated heterocycles. The Labute approximate surface area is 138 Å². The van der Waals surface area contributed by atoms with Gasteiger partial charge in [-0.3, -0.25) is 0 Å². The van der Waals surface area contributed by atoms with Gasteiger partial charge in [-0.2, -0.15) is 0 Å². The maximum atomic E-state index is 12.1. The summed E-state index contributed by atoms with van der Waals surface area (Å²) in [5.41, 5.74) is 2.86. The molecule has 0 aromatic heterocycles. The molecule has 1 N–H and O–H groups in total. The predicted molar refractivity (Wildman–Crippen MR) is 96.1 cm³/mol. The number of piperazine rings is 1. The van der Waals surface area contributed by atoms with Crippen LogP contribution in [0.5, 0.6) is 0 Å². The predicted octanol–water partition coefficient (Wildman–Crippen LogP) is 3.43. The van der Waals surface area contributed by atoms with Gasteiger partial charge in [0.2, 0.25) is 0 Å². The highest BCUT2D eigenvalue weighted by Gasteiger charge is 2.26. The fourth-order valence-electron chi connectivity index (χ4n) is 2.72. The Bertz CT molecular complexity index is 570. The average Bonchev–Trinajstić information content (AvgIpc) is 2.52. The molecule has 1 aliphatic rings. The van der Waals surface area contributed by atoms with Crippen LogP contribution in [0.2, 0.25) is 0 Å². The van der Waals surface area contributed by atoms with E-state index in [4.69, 9.17) is 4.74 Å². The number of hydrogen-bond donors (Lipinski definition) is 1. The molecule has 126 valence electrons. The third kappa shape index (κ3) is 4.18. The van der Waals surface area contributed by atoms with Crippen molar-refractivity contribution in [2.24, 2.45) is 0 Å². The van der Waals surface area contributed by atoms with Crippen molar-refractivity contribution in [3.63, 3.8) is 0 Å². The molecule has 1 aromatic carbocycles. The Morgan fingerprint density at radius 1 is 1.26 bits per heavy atom. The van der Waals surface area contributed by atoms with E-state index in [2.05, 4.69) is 22.9 Å². The second kappa shape index (κ2) is 6.94.